The number of hydrogen-bond donors (Lipinski definition) is 0. The molecule has 1 aliphatic carbocycles. The molecule has 0 spiro atoms. The van der Waals surface area contributed by atoms with Gasteiger partial charge in [0, 0.05) is 24.8 Å². The fourth-order valence-electron chi connectivity index (χ4n) is 2.69. The number of anilines is 1. The van der Waals surface area contributed by atoms with Gasteiger partial charge in [-0.05, 0) is 31.9 Å². The molecule has 0 bridgehead atoms. The molecular weight excluding hydrogens is 244 g/mol. The van der Waals surface area contributed by atoms with Crippen LogP contribution in [0.15, 0.2) is 18.2 Å². The lowest BCUT2D eigenvalue weighted by atomic mass is 10.1. The van der Waals surface area contributed by atoms with E-state index in [2.05, 4.69) is 4.90 Å². The van der Waals surface area contributed by atoms with Crippen LogP contribution in [0.4, 0.5) is 11.4 Å². The highest BCUT2D eigenvalue weighted by Crippen LogP contribution is 2.30. The maximum absolute atomic E-state index is 11.5. The van der Waals surface area contributed by atoms with E-state index in [4.69, 9.17) is 0 Å². The smallest absolute Gasteiger partial charge is 0.280 e. The Morgan fingerprint density at radius 2 is 2.00 bits per heavy atom. The van der Waals surface area contributed by atoms with Crippen LogP contribution in [-0.2, 0) is 0 Å². The number of nitrogens with zero attached hydrogens (tertiary/aromatic N) is 2. The predicted molar refractivity (Wildman–Crippen MR) is 73.8 cm³/mol. The summed E-state index contributed by atoms with van der Waals surface area (Å²) in [6.07, 6.45) is 4.73. The van der Waals surface area contributed by atoms with Gasteiger partial charge in [-0.3, -0.25) is 14.9 Å². The third kappa shape index (κ3) is 2.75. The van der Waals surface area contributed by atoms with Crippen molar-refractivity contribution in [3.63, 3.8) is 0 Å². The van der Waals surface area contributed by atoms with Crippen LogP contribution in [0.1, 0.15) is 43.0 Å². The van der Waals surface area contributed by atoms with Gasteiger partial charge in [-0.25, -0.2) is 0 Å². The van der Waals surface area contributed by atoms with Crippen molar-refractivity contribution in [2.75, 3.05) is 11.9 Å². The molecule has 19 heavy (non-hydrogen) atoms. The molecule has 1 fully saturated rings. The van der Waals surface area contributed by atoms with Crippen LogP contribution < -0.4 is 4.90 Å². The number of carbonyl (C=O) groups excluding carboxylic acids is 1. The number of benzene rings is 1. The molecule has 1 aromatic rings. The first-order valence-electron chi connectivity index (χ1n) is 6.53. The average Bonchev–Trinajstić information content (AvgIpc) is 2.90. The Balaban J connectivity index is 2.34. The Hall–Kier alpha value is -1.91. The molecule has 0 radical (unpaired) electrons. The summed E-state index contributed by atoms with van der Waals surface area (Å²) in [6.45, 7) is 1.36. The molecule has 0 heterocycles. The normalized spacial score (nSPS) is 15.5. The monoisotopic (exact) mass is 262 g/mol. The summed E-state index contributed by atoms with van der Waals surface area (Å²) in [7, 11) is 1.99. The van der Waals surface area contributed by atoms with Crippen LogP contribution in [0.5, 0.6) is 0 Å². The largest absolute Gasteiger partial charge is 0.372 e. The standard InChI is InChI=1S/C14H18N2O3/c1-10(17)13-9-12(7-8-14(13)16(18)19)15(2)11-5-3-4-6-11/h7-9,11H,3-6H2,1-2H3. The first kappa shape index (κ1) is 13.5. The second kappa shape index (κ2) is 5.38. The molecule has 2 rings (SSSR count). The van der Waals surface area contributed by atoms with E-state index in [0.717, 1.165) is 18.5 Å². The number of rotatable bonds is 4. The molecule has 0 amide bonds. The number of hydrogen-bond acceptors (Lipinski definition) is 4. The van der Waals surface area contributed by atoms with E-state index in [0.29, 0.717) is 6.04 Å². The molecule has 5 heteroatoms. The third-order valence-corrected chi connectivity index (χ3v) is 3.84. The number of nitro benzene ring substituents is 1. The van der Waals surface area contributed by atoms with E-state index >= 15 is 0 Å². The quantitative estimate of drug-likeness (QED) is 0.475. The molecule has 0 saturated heterocycles. The van der Waals surface area contributed by atoms with Gasteiger partial charge in [0.15, 0.2) is 5.78 Å². The maximum atomic E-state index is 11.5. The van der Waals surface area contributed by atoms with E-state index < -0.39 is 4.92 Å². The molecule has 0 aliphatic heterocycles. The summed E-state index contributed by atoms with van der Waals surface area (Å²) in [5, 5.41) is 10.9. The van der Waals surface area contributed by atoms with E-state index in [9.17, 15) is 14.9 Å². The van der Waals surface area contributed by atoms with E-state index in [1.165, 1.54) is 25.8 Å². The van der Waals surface area contributed by atoms with Gasteiger partial charge in [0.05, 0.1) is 10.5 Å². The molecule has 102 valence electrons. The minimum absolute atomic E-state index is 0.115. The Morgan fingerprint density at radius 1 is 1.37 bits per heavy atom. The second-order valence-corrected chi connectivity index (χ2v) is 5.06. The maximum Gasteiger partial charge on any atom is 0.280 e. The zero-order valence-electron chi connectivity index (χ0n) is 11.3. The van der Waals surface area contributed by atoms with Crippen LogP contribution in [0, 0.1) is 10.1 Å². The van der Waals surface area contributed by atoms with Crippen molar-refractivity contribution in [1.29, 1.82) is 0 Å². The van der Waals surface area contributed by atoms with Crippen LogP contribution >= 0.6 is 0 Å². The van der Waals surface area contributed by atoms with Gasteiger partial charge in [0.25, 0.3) is 5.69 Å². The molecule has 0 aromatic heterocycles. The summed E-state index contributed by atoms with van der Waals surface area (Å²) in [5.41, 5.74) is 0.950. The average molecular weight is 262 g/mol. The lowest BCUT2D eigenvalue weighted by molar-refractivity contribution is -0.385. The molecule has 0 N–H and O–H groups in total. The summed E-state index contributed by atoms with van der Waals surface area (Å²) >= 11 is 0. The fraction of sp³-hybridized carbons (Fsp3) is 0.500. The van der Waals surface area contributed by atoms with E-state index in [1.807, 2.05) is 7.05 Å². The zero-order valence-corrected chi connectivity index (χ0v) is 11.3. The highest BCUT2D eigenvalue weighted by atomic mass is 16.6. The van der Waals surface area contributed by atoms with Gasteiger partial charge in [-0.15, -0.1) is 0 Å². The topological polar surface area (TPSA) is 63.5 Å². The predicted octanol–water partition coefficient (Wildman–Crippen LogP) is 3.18. The van der Waals surface area contributed by atoms with Gasteiger partial charge in [0.1, 0.15) is 0 Å². The van der Waals surface area contributed by atoms with Crippen molar-refractivity contribution < 1.29 is 9.72 Å². The first-order chi connectivity index (χ1) is 9.00. The second-order valence-electron chi connectivity index (χ2n) is 5.06. The van der Waals surface area contributed by atoms with Crippen LogP contribution in [0.2, 0.25) is 0 Å². The Bertz CT molecular complexity index is 507. The SMILES string of the molecule is CC(=O)c1cc(N(C)C2CCCC2)ccc1[N+](=O)[O-]. The van der Waals surface area contributed by atoms with E-state index in [-0.39, 0.29) is 17.0 Å². The zero-order chi connectivity index (χ0) is 14.0. The van der Waals surface area contributed by atoms with Crippen LogP contribution in [0.3, 0.4) is 0 Å². The van der Waals surface area contributed by atoms with Crippen LogP contribution in [0.25, 0.3) is 0 Å². The highest BCUT2D eigenvalue weighted by molar-refractivity contribution is 5.99. The molecule has 1 aliphatic rings. The van der Waals surface area contributed by atoms with Crippen molar-refractivity contribution in [1.82, 2.24) is 0 Å². The van der Waals surface area contributed by atoms with Crippen molar-refractivity contribution in [3.05, 3.63) is 33.9 Å². The van der Waals surface area contributed by atoms with Gasteiger partial charge in [-0.2, -0.15) is 0 Å². The van der Waals surface area contributed by atoms with Crippen molar-refractivity contribution >= 4 is 17.2 Å². The molecule has 1 aromatic carbocycles. The number of ketones is 1. The molecule has 0 unspecified atom stereocenters. The fourth-order valence-corrected chi connectivity index (χ4v) is 2.69. The Kier molecular flexibility index (Phi) is 3.83. The van der Waals surface area contributed by atoms with Crippen LogP contribution in [-0.4, -0.2) is 23.8 Å². The Morgan fingerprint density at radius 3 is 2.53 bits per heavy atom. The highest BCUT2D eigenvalue weighted by Gasteiger charge is 2.23. The molecule has 0 atom stereocenters. The first-order valence-corrected chi connectivity index (χ1v) is 6.53. The Labute approximate surface area is 112 Å². The lowest BCUT2D eigenvalue weighted by Crippen LogP contribution is -2.28. The van der Waals surface area contributed by atoms with Gasteiger partial charge in [0.2, 0.25) is 0 Å². The molecule has 5 nitrogen and oxygen atoms in total. The van der Waals surface area contributed by atoms with Crippen molar-refractivity contribution in [3.8, 4) is 0 Å². The van der Waals surface area contributed by atoms with E-state index in [1.54, 1.807) is 12.1 Å². The third-order valence-electron chi connectivity index (χ3n) is 3.84. The minimum atomic E-state index is -0.504. The van der Waals surface area contributed by atoms with Gasteiger partial charge < -0.3 is 4.90 Å². The summed E-state index contributed by atoms with van der Waals surface area (Å²) < 4.78 is 0. The molecule has 1 saturated carbocycles. The number of carbonyl (C=O) groups is 1. The van der Waals surface area contributed by atoms with Crippen molar-refractivity contribution in [2.45, 2.75) is 38.6 Å². The minimum Gasteiger partial charge on any atom is -0.372 e. The van der Waals surface area contributed by atoms with Gasteiger partial charge >= 0.3 is 0 Å². The van der Waals surface area contributed by atoms with Crippen molar-refractivity contribution in [2.24, 2.45) is 0 Å². The lowest BCUT2D eigenvalue weighted by Gasteiger charge is -2.26. The summed E-state index contributed by atoms with van der Waals surface area (Å²) in [5.74, 6) is -0.270. The number of nitro groups is 1. The number of Topliss-reactive ketones (excluding diaryl/α,β-unsaturated/α-hetero) is 1. The molecular formula is C14H18N2O3. The van der Waals surface area contributed by atoms with Gasteiger partial charge in [-0.1, -0.05) is 12.8 Å². The summed E-state index contributed by atoms with van der Waals surface area (Å²) in [6, 6.07) is 5.26. The summed E-state index contributed by atoms with van der Waals surface area (Å²) in [4.78, 5) is 24.1.